The number of rotatable bonds is 18. The van der Waals surface area contributed by atoms with Gasteiger partial charge in [0.25, 0.3) is 0 Å². The zero-order valence-electron chi connectivity index (χ0n) is 22.2. The van der Waals surface area contributed by atoms with Crippen molar-refractivity contribution < 1.29 is 23.8 Å². The number of nitrogens with zero attached hydrogens (tertiary/aromatic N) is 2. The normalized spacial score (nSPS) is 12.8. The van der Waals surface area contributed by atoms with Gasteiger partial charge in [0.15, 0.2) is 0 Å². The van der Waals surface area contributed by atoms with Gasteiger partial charge in [-0.3, -0.25) is 4.79 Å². The molecule has 0 aliphatic carbocycles. The molecule has 204 valence electrons. The van der Waals surface area contributed by atoms with Gasteiger partial charge < -0.3 is 25.4 Å². The van der Waals surface area contributed by atoms with E-state index in [1.54, 1.807) is 0 Å². The number of pyridine rings is 1. The monoisotopic (exact) mass is 516 g/mol. The van der Waals surface area contributed by atoms with Crippen LogP contribution in [0.15, 0.2) is 42.5 Å². The van der Waals surface area contributed by atoms with Gasteiger partial charge in [-0.15, -0.1) is 0 Å². The van der Waals surface area contributed by atoms with E-state index in [4.69, 9.17) is 9.72 Å². The smallest absolute Gasteiger partial charge is 0.326 e. The summed E-state index contributed by atoms with van der Waals surface area (Å²) in [5.41, 5.74) is 3.01. The first-order valence-electron chi connectivity index (χ1n) is 12.9. The second kappa shape index (κ2) is 16.7. The van der Waals surface area contributed by atoms with Crippen molar-refractivity contribution >= 4 is 17.7 Å². The van der Waals surface area contributed by atoms with Gasteiger partial charge in [0.1, 0.15) is 18.5 Å². The van der Waals surface area contributed by atoms with E-state index < -0.39 is 24.8 Å². The summed E-state index contributed by atoms with van der Waals surface area (Å²) in [7, 11) is 3.34. The molecule has 2 aromatic rings. The number of nitrogens with one attached hydrogen (secondary N) is 2. The van der Waals surface area contributed by atoms with Crippen molar-refractivity contribution in [1.82, 2.24) is 15.2 Å². The molecule has 0 fully saturated rings. The Labute approximate surface area is 219 Å². The van der Waals surface area contributed by atoms with E-state index in [9.17, 15) is 19.1 Å². The molecule has 3 N–H and O–H groups in total. The van der Waals surface area contributed by atoms with Crippen LogP contribution < -0.4 is 10.6 Å². The molecule has 0 bridgehead atoms. The zero-order chi connectivity index (χ0) is 27.0. The molecule has 2 unspecified atom stereocenters. The third-order valence-corrected chi connectivity index (χ3v) is 6.35. The minimum Gasteiger partial charge on any atom is -0.480 e. The van der Waals surface area contributed by atoms with Crippen molar-refractivity contribution in [3.05, 3.63) is 59.3 Å². The quantitative estimate of drug-likeness (QED) is 0.261. The van der Waals surface area contributed by atoms with Crippen molar-refractivity contribution in [1.29, 1.82) is 0 Å². The Hall–Kier alpha value is -3.04. The highest BCUT2D eigenvalue weighted by molar-refractivity contribution is 5.84. The molecule has 2 rings (SSSR count). The molecular weight excluding hydrogens is 475 g/mol. The Morgan fingerprint density at radius 2 is 1.89 bits per heavy atom. The predicted octanol–water partition coefficient (Wildman–Crippen LogP) is 3.50. The van der Waals surface area contributed by atoms with Crippen LogP contribution in [0.1, 0.15) is 43.0 Å². The molecule has 0 aliphatic heterocycles. The number of ether oxygens (including phenoxy) is 1. The number of alkyl halides is 1. The maximum Gasteiger partial charge on any atom is 0.326 e. The third-order valence-electron chi connectivity index (χ3n) is 6.35. The molecule has 9 heteroatoms. The number of carboxylic acids is 1. The van der Waals surface area contributed by atoms with Crippen molar-refractivity contribution in [3.8, 4) is 0 Å². The van der Waals surface area contributed by atoms with Crippen LogP contribution in [0.5, 0.6) is 0 Å². The lowest BCUT2D eigenvalue weighted by Gasteiger charge is -2.27. The highest BCUT2D eigenvalue weighted by Gasteiger charge is 2.22. The SMILES string of the molecule is CCc1ccc(CCCCN(CCC(NC(=O)Cc2ccccc2)C(=O)O)CC(CF)OC)nc1NC. The molecule has 1 heterocycles. The number of halogens is 1. The third kappa shape index (κ3) is 10.9. The molecule has 1 aromatic heterocycles. The van der Waals surface area contributed by atoms with Crippen LogP contribution in [0.4, 0.5) is 10.2 Å². The number of carbonyl (C=O) groups is 2. The molecule has 1 aromatic carbocycles. The van der Waals surface area contributed by atoms with E-state index in [2.05, 4.69) is 29.7 Å². The summed E-state index contributed by atoms with van der Waals surface area (Å²) in [6, 6.07) is 12.3. The largest absolute Gasteiger partial charge is 0.480 e. The number of methoxy groups -OCH3 is 1. The highest BCUT2D eigenvalue weighted by atomic mass is 19.1. The average Bonchev–Trinajstić information content (AvgIpc) is 2.91. The molecule has 2 atom stereocenters. The van der Waals surface area contributed by atoms with Crippen LogP contribution in [-0.4, -0.2) is 79.5 Å². The van der Waals surface area contributed by atoms with Gasteiger partial charge in [0.05, 0.1) is 12.5 Å². The first-order valence-corrected chi connectivity index (χ1v) is 12.9. The number of amides is 1. The molecule has 37 heavy (non-hydrogen) atoms. The van der Waals surface area contributed by atoms with E-state index in [1.807, 2.05) is 42.3 Å². The summed E-state index contributed by atoms with van der Waals surface area (Å²) in [5.74, 6) is -0.523. The lowest BCUT2D eigenvalue weighted by Crippen LogP contribution is -2.45. The standard InChI is InChI=1S/C28H41FN4O4/c1-4-22-13-14-23(31-27(22)30-2)12-8-9-16-33(20-24(19-29)37-3)17-15-25(28(35)36)32-26(34)18-21-10-6-5-7-11-21/h5-7,10-11,13-14,24-25H,4,8-9,12,15-20H2,1-3H3,(H,30,31)(H,32,34)(H,35,36). The second-order valence-electron chi connectivity index (χ2n) is 9.09. The molecular formula is C28H41FN4O4. The maximum atomic E-state index is 13.4. The summed E-state index contributed by atoms with van der Waals surface area (Å²) in [6.07, 6.45) is 3.20. The van der Waals surface area contributed by atoms with Gasteiger partial charge in [0, 0.05) is 32.9 Å². The minimum atomic E-state index is -1.09. The first kappa shape index (κ1) is 30.2. The lowest BCUT2D eigenvalue weighted by atomic mass is 10.1. The maximum absolute atomic E-state index is 13.4. The fourth-order valence-electron chi connectivity index (χ4n) is 4.18. The van der Waals surface area contributed by atoms with Crippen molar-refractivity contribution in [3.63, 3.8) is 0 Å². The summed E-state index contributed by atoms with van der Waals surface area (Å²) < 4.78 is 18.6. The first-order chi connectivity index (χ1) is 17.9. The molecule has 0 aliphatic rings. The molecule has 8 nitrogen and oxygen atoms in total. The van der Waals surface area contributed by atoms with Crippen molar-refractivity contribution in [2.24, 2.45) is 0 Å². The minimum absolute atomic E-state index is 0.116. The molecule has 0 saturated carbocycles. The second-order valence-corrected chi connectivity index (χ2v) is 9.09. The fourth-order valence-corrected chi connectivity index (χ4v) is 4.18. The Morgan fingerprint density at radius 1 is 1.14 bits per heavy atom. The number of carbonyl (C=O) groups excluding carboxylic acids is 1. The summed E-state index contributed by atoms with van der Waals surface area (Å²) in [5, 5.41) is 15.4. The van der Waals surface area contributed by atoms with E-state index in [-0.39, 0.29) is 18.7 Å². The van der Waals surface area contributed by atoms with Crippen LogP contribution in [0.3, 0.4) is 0 Å². The number of unbranched alkanes of at least 4 members (excludes halogenated alkanes) is 1. The molecule has 0 spiro atoms. The fraction of sp³-hybridized carbons (Fsp3) is 0.536. The summed E-state index contributed by atoms with van der Waals surface area (Å²) >= 11 is 0. The Bertz CT molecular complexity index is 956. The van der Waals surface area contributed by atoms with Crippen molar-refractivity contribution in [2.45, 2.75) is 57.6 Å². The molecule has 0 radical (unpaired) electrons. The lowest BCUT2D eigenvalue weighted by molar-refractivity contribution is -0.142. The van der Waals surface area contributed by atoms with Crippen LogP contribution in [-0.2, 0) is 33.6 Å². The van der Waals surface area contributed by atoms with E-state index in [0.717, 1.165) is 42.8 Å². The average molecular weight is 517 g/mol. The zero-order valence-corrected chi connectivity index (χ0v) is 22.2. The van der Waals surface area contributed by atoms with E-state index >= 15 is 0 Å². The highest BCUT2D eigenvalue weighted by Crippen LogP contribution is 2.15. The van der Waals surface area contributed by atoms with E-state index in [0.29, 0.717) is 19.6 Å². The Kier molecular flexibility index (Phi) is 13.6. The number of hydrogen-bond donors (Lipinski definition) is 3. The number of aromatic nitrogens is 1. The van der Waals surface area contributed by atoms with Gasteiger partial charge >= 0.3 is 5.97 Å². The van der Waals surface area contributed by atoms with Crippen LogP contribution >= 0.6 is 0 Å². The van der Waals surface area contributed by atoms with Crippen LogP contribution in [0.25, 0.3) is 0 Å². The molecule has 1 amide bonds. The summed E-state index contributed by atoms with van der Waals surface area (Å²) in [4.78, 5) is 30.9. The van der Waals surface area contributed by atoms with Gasteiger partial charge in [-0.05, 0) is 55.8 Å². The number of hydrogen-bond acceptors (Lipinski definition) is 6. The number of aryl methyl sites for hydroxylation is 2. The topological polar surface area (TPSA) is 104 Å². The van der Waals surface area contributed by atoms with Crippen LogP contribution in [0.2, 0.25) is 0 Å². The van der Waals surface area contributed by atoms with Gasteiger partial charge in [-0.1, -0.05) is 43.3 Å². The van der Waals surface area contributed by atoms with Crippen molar-refractivity contribution in [2.75, 3.05) is 45.8 Å². The molecule has 0 saturated heterocycles. The Morgan fingerprint density at radius 3 is 2.51 bits per heavy atom. The number of anilines is 1. The summed E-state index contributed by atoms with van der Waals surface area (Å²) in [6.45, 7) is 2.89. The Balaban J connectivity index is 1.91. The van der Waals surface area contributed by atoms with Gasteiger partial charge in [-0.2, -0.15) is 0 Å². The number of carboxylic acid groups (broad SMARTS) is 1. The van der Waals surface area contributed by atoms with Gasteiger partial charge in [0.2, 0.25) is 5.91 Å². The van der Waals surface area contributed by atoms with E-state index in [1.165, 1.54) is 12.7 Å². The number of aliphatic carboxylic acids is 1. The van der Waals surface area contributed by atoms with Gasteiger partial charge in [-0.25, -0.2) is 14.2 Å². The predicted molar refractivity (Wildman–Crippen MR) is 144 cm³/mol. The van der Waals surface area contributed by atoms with Crippen LogP contribution in [0, 0.1) is 0 Å². The number of benzene rings is 1.